The maximum atomic E-state index is 13.4. The van der Waals surface area contributed by atoms with E-state index in [-0.39, 0.29) is 5.52 Å². The molecule has 0 bridgehead atoms. The van der Waals surface area contributed by atoms with Crippen molar-refractivity contribution in [1.29, 1.82) is 0 Å². The Balaban J connectivity index is 1.56. The van der Waals surface area contributed by atoms with Crippen LogP contribution in [0.25, 0.3) is 21.1 Å². The SMILES string of the molecule is FC(F)(F)c1cc(Br)cc2sc(N3CCc4c([nH]c5ccc(Cl)cc45)C3)nc12. The average Bonchev–Trinajstić information content (AvgIpc) is 3.20. The van der Waals surface area contributed by atoms with Crippen molar-refractivity contribution >= 4 is 65.1 Å². The molecule has 9 heteroatoms. The van der Waals surface area contributed by atoms with E-state index in [0.29, 0.717) is 32.4 Å². The zero-order chi connectivity index (χ0) is 19.6. The van der Waals surface area contributed by atoms with Gasteiger partial charge >= 0.3 is 6.18 Å². The van der Waals surface area contributed by atoms with Gasteiger partial charge in [-0.3, -0.25) is 0 Å². The molecule has 5 rings (SSSR count). The summed E-state index contributed by atoms with van der Waals surface area (Å²) in [6, 6.07) is 8.51. The molecule has 3 heterocycles. The van der Waals surface area contributed by atoms with Gasteiger partial charge in [0, 0.05) is 32.6 Å². The fourth-order valence-corrected chi connectivity index (χ4v) is 5.55. The van der Waals surface area contributed by atoms with Crippen molar-refractivity contribution in [3.63, 3.8) is 0 Å². The summed E-state index contributed by atoms with van der Waals surface area (Å²) in [7, 11) is 0. The van der Waals surface area contributed by atoms with Gasteiger partial charge in [-0.25, -0.2) is 4.98 Å². The number of thiazole rings is 1. The number of nitrogens with zero attached hydrogens (tertiary/aromatic N) is 2. The molecule has 144 valence electrons. The van der Waals surface area contributed by atoms with E-state index in [1.807, 2.05) is 23.1 Å². The molecule has 0 unspecified atom stereocenters. The third-order valence-corrected chi connectivity index (χ3v) is 6.72. The first kappa shape index (κ1) is 18.3. The van der Waals surface area contributed by atoms with Crippen LogP contribution in [0.15, 0.2) is 34.8 Å². The van der Waals surface area contributed by atoms with Gasteiger partial charge in [-0.1, -0.05) is 38.9 Å². The molecule has 1 aliphatic heterocycles. The van der Waals surface area contributed by atoms with Crippen molar-refractivity contribution < 1.29 is 13.2 Å². The van der Waals surface area contributed by atoms with Crippen molar-refractivity contribution in [2.45, 2.75) is 19.1 Å². The number of H-pyrrole nitrogens is 1. The molecule has 0 aliphatic carbocycles. The Morgan fingerprint density at radius 1 is 1.21 bits per heavy atom. The van der Waals surface area contributed by atoms with Crippen LogP contribution in [0.2, 0.25) is 5.02 Å². The van der Waals surface area contributed by atoms with Gasteiger partial charge in [-0.2, -0.15) is 13.2 Å². The highest BCUT2D eigenvalue weighted by Gasteiger charge is 2.35. The standard InChI is InChI=1S/C19H12BrClF3N3S/c20-9-5-13(19(22,23)24)17-16(6-9)28-18(26-17)27-4-3-11-12-7-10(21)1-2-14(12)25-15(11)8-27/h1-2,5-7,25H,3-4,8H2. The Bertz CT molecular complexity index is 1230. The molecule has 0 saturated heterocycles. The molecule has 3 nitrogen and oxygen atoms in total. The van der Waals surface area contributed by atoms with Crippen LogP contribution in [0, 0.1) is 0 Å². The molecule has 1 aliphatic rings. The van der Waals surface area contributed by atoms with Crippen LogP contribution in [0.4, 0.5) is 18.3 Å². The minimum atomic E-state index is -4.45. The molecular weight excluding hydrogens is 475 g/mol. The lowest BCUT2D eigenvalue weighted by molar-refractivity contribution is -0.136. The van der Waals surface area contributed by atoms with E-state index in [4.69, 9.17) is 11.6 Å². The Hall–Kier alpha value is -1.77. The molecule has 0 atom stereocenters. The monoisotopic (exact) mass is 485 g/mol. The quantitative estimate of drug-likeness (QED) is 0.322. The van der Waals surface area contributed by atoms with E-state index in [1.54, 1.807) is 6.07 Å². The van der Waals surface area contributed by atoms with E-state index >= 15 is 0 Å². The lowest BCUT2D eigenvalue weighted by Crippen LogP contribution is -2.30. The van der Waals surface area contributed by atoms with Crippen LogP contribution in [0.1, 0.15) is 16.8 Å². The summed E-state index contributed by atoms with van der Waals surface area (Å²) < 4.78 is 41.2. The first-order valence-electron chi connectivity index (χ1n) is 8.51. The first-order chi connectivity index (χ1) is 13.3. The Labute approximate surface area is 175 Å². The first-order valence-corrected chi connectivity index (χ1v) is 10.5. The van der Waals surface area contributed by atoms with E-state index in [1.165, 1.54) is 16.9 Å². The van der Waals surface area contributed by atoms with Gasteiger partial charge in [-0.15, -0.1) is 0 Å². The van der Waals surface area contributed by atoms with Gasteiger partial charge in [0.25, 0.3) is 0 Å². The lowest BCUT2D eigenvalue weighted by Gasteiger charge is -2.26. The van der Waals surface area contributed by atoms with Gasteiger partial charge in [0.1, 0.15) is 0 Å². The van der Waals surface area contributed by atoms with Gasteiger partial charge in [-0.05, 0) is 42.3 Å². The molecule has 0 fully saturated rings. The van der Waals surface area contributed by atoms with Crippen LogP contribution >= 0.6 is 38.9 Å². The van der Waals surface area contributed by atoms with Gasteiger partial charge in [0.05, 0.1) is 22.3 Å². The second-order valence-corrected chi connectivity index (χ2v) is 9.10. The highest BCUT2D eigenvalue weighted by atomic mass is 79.9. The van der Waals surface area contributed by atoms with E-state index in [0.717, 1.165) is 29.1 Å². The summed E-state index contributed by atoms with van der Waals surface area (Å²) in [4.78, 5) is 9.79. The number of halogens is 5. The summed E-state index contributed by atoms with van der Waals surface area (Å²) in [5.41, 5.74) is 2.58. The number of benzene rings is 2. The van der Waals surface area contributed by atoms with Crippen LogP contribution in [-0.2, 0) is 19.1 Å². The van der Waals surface area contributed by atoms with Crippen molar-refractivity contribution in [3.8, 4) is 0 Å². The van der Waals surface area contributed by atoms with Crippen molar-refractivity contribution in [2.75, 3.05) is 11.4 Å². The second-order valence-electron chi connectivity index (χ2n) is 6.74. The zero-order valence-electron chi connectivity index (χ0n) is 14.2. The number of hydrogen-bond donors (Lipinski definition) is 1. The van der Waals surface area contributed by atoms with Crippen LogP contribution < -0.4 is 4.90 Å². The number of hydrogen-bond acceptors (Lipinski definition) is 3. The van der Waals surface area contributed by atoms with Crippen LogP contribution in [0.5, 0.6) is 0 Å². The minimum absolute atomic E-state index is 0.00456. The summed E-state index contributed by atoms with van der Waals surface area (Å²) in [6.07, 6.45) is -3.67. The predicted octanol–water partition coefficient (Wildman–Crippen LogP) is 6.78. The smallest absolute Gasteiger partial charge is 0.357 e. The second kappa shape index (κ2) is 6.37. The predicted molar refractivity (Wildman–Crippen MR) is 110 cm³/mol. The molecule has 2 aromatic carbocycles. The molecule has 2 aromatic heterocycles. The summed E-state index contributed by atoms with van der Waals surface area (Å²) in [6.45, 7) is 1.26. The van der Waals surface area contributed by atoms with Gasteiger partial charge < -0.3 is 9.88 Å². The van der Waals surface area contributed by atoms with E-state index in [2.05, 4.69) is 25.9 Å². The number of rotatable bonds is 1. The number of fused-ring (bicyclic) bond motifs is 4. The molecule has 0 saturated carbocycles. The molecule has 1 N–H and O–H groups in total. The molecule has 28 heavy (non-hydrogen) atoms. The topological polar surface area (TPSA) is 31.9 Å². The van der Waals surface area contributed by atoms with Crippen LogP contribution in [0.3, 0.4) is 0 Å². The maximum absolute atomic E-state index is 13.4. The maximum Gasteiger partial charge on any atom is 0.418 e. The van der Waals surface area contributed by atoms with Crippen molar-refractivity contribution in [2.24, 2.45) is 0 Å². The molecule has 0 spiro atoms. The fourth-order valence-electron chi connectivity index (χ4n) is 3.71. The van der Waals surface area contributed by atoms with Crippen molar-refractivity contribution in [3.05, 3.63) is 56.6 Å². The summed E-state index contributed by atoms with van der Waals surface area (Å²) in [5.74, 6) is 0. The zero-order valence-corrected chi connectivity index (χ0v) is 17.4. The van der Waals surface area contributed by atoms with E-state index < -0.39 is 11.7 Å². The summed E-state index contributed by atoms with van der Waals surface area (Å²) >= 11 is 10.6. The highest BCUT2D eigenvalue weighted by Crippen LogP contribution is 2.41. The number of aromatic nitrogens is 2. The largest absolute Gasteiger partial charge is 0.418 e. The molecule has 0 amide bonds. The highest BCUT2D eigenvalue weighted by molar-refractivity contribution is 9.10. The Morgan fingerprint density at radius 3 is 2.82 bits per heavy atom. The third kappa shape index (κ3) is 2.98. The number of anilines is 1. The number of aromatic amines is 1. The van der Waals surface area contributed by atoms with Crippen molar-refractivity contribution in [1.82, 2.24) is 9.97 Å². The van der Waals surface area contributed by atoms with Gasteiger partial charge in [0.15, 0.2) is 5.13 Å². The molecular formula is C19H12BrClF3N3S. The summed E-state index contributed by atoms with van der Waals surface area (Å²) in [5, 5.41) is 2.39. The lowest BCUT2D eigenvalue weighted by atomic mass is 10.0. The molecule has 0 radical (unpaired) electrons. The average molecular weight is 487 g/mol. The minimum Gasteiger partial charge on any atom is -0.357 e. The van der Waals surface area contributed by atoms with Gasteiger partial charge in [0.2, 0.25) is 0 Å². The normalized spacial score (nSPS) is 14.8. The molecule has 4 aromatic rings. The number of alkyl halides is 3. The third-order valence-electron chi connectivity index (χ3n) is 4.96. The fraction of sp³-hybridized carbons (Fsp3) is 0.211. The Morgan fingerprint density at radius 2 is 2.04 bits per heavy atom. The Kier molecular flexibility index (Phi) is 4.16. The van der Waals surface area contributed by atoms with E-state index in [9.17, 15) is 13.2 Å². The number of nitrogens with one attached hydrogen (secondary N) is 1. The van der Waals surface area contributed by atoms with Crippen LogP contribution in [-0.4, -0.2) is 16.5 Å².